The second-order valence-corrected chi connectivity index (χ2v) is 7.59. The maximum absolute atomic E-state index is 13.3. The number of ether oxygens (including phenoxy) is 1. The third-order valence-corrected chi connectivity index (χ3v) is 5.49. The minimum Gasteiger partial charge on any atom is -0.466 e. The summed E-state index contributed by atoms with van der Waals surface area (Å²) in [6, 6.07) is 6.19. The summed E-state index contributed by atoms with van der Waals surface area (Å²) in [6.07, 6.45) is 3.19. The van der Waals surface area contributed by atoms with E-state index in [4.69, 9.17) is 9.57 Å². The molecule has 0 radical (unpaired) electrons. The number of nitrogens with zero attached hydrogens (tertiary/aromatic N) is 2. The molecule has 2 saturated heterocycles. The quantitative estimate of drug-likeness (QED) is 0.668. The average Bonchev–Trinajstić information content (AvgIpc) is 3.22. The van der Waals surface area contributed by atoms with E-state index in [0.717, 1.165) is 24.9 Å². The van der Waals surface area contributed by atoms with Gasteiger partial charge in [0, 0.05) is 32.6 Å². The number of hydrogen-bond acceptors (Lipinski definition) is 5. The Hall–Kier alpha value is -1.99. The summed E-state index contributed by atoms with van der Waals surface area (Å²) >= 11 is 0. The van der Waals surface area contributed by atoms with Gasteiger partial charge in [-0.1, -0.05) is 12.1 Å². The van der Waals surface area contributed by atoms with Crippen molar-refractivity contribution >= 4 is 11.9 Å². The van der Waals surface area contributed by atoms with Gasteiger partial charge in [-0.25, -0.2) is 4.39 Å². The number of hydrogen-bond donors (Lipinski definition) is 0. The number of hydroxylamine groups is 2. The predicted octanol–water partition coefficient (Wildman–Crippen LogP) is 2.57. The van der Waals surface area contributed by atoms with E-state index in [-0.39, 0.29) is 17.7 Å². The Labute approximate surface area is 165 Å². The molecule has 2 aliphatic heterocycles. The lowest BCUT2D eigenvalue weighted by atomic mass is 9.75. The molecule has 1 amide bonds. The van der Waals surface area contributed by atoms with E-state index in [1.807, 2.05) is 5.06 Å². The summed E-state index contributed by atoms with van der Waals surface area (Å²) < 4.78 is 18.6. The van der Waals surface area contributed by atoms with Crippen LogP contribution in [0.5, 0.6) is 0 Å². The van der Waals surface area contributed by atoms with Gasteiger partial charge in [0.2, 0.25) is 5.91 Å². The molecule has 0 spiro atoms. The van der Waals surface area contributed by atoms with E-state index < -0.39 is 5.41 Å². The average molecular weight is 392 g/mol. The second kappa shape index (κ2) is 9.47. The Morgan fingerprint density at radius 1 is 1.21 bits per heavy atom. The monoisotopic (exact) mass is 392 g/mol. The van der Waals surface area contributed by atoms with Crippen LogP contribution in [0, 0.1) is 11.2 Å². The minimum atomic E-state index is -0.786. The van der Waals surface area contributed by atoms with Gasteiger partial charge in [0.15, 0.2) is 0 Å². The molecular formula is C21H29FN2O4. The highest BCUT2D eigenvalue weighted by Gasteiger charge is 2.44. The first kappa shape index (κ1) is 20.7. The maximum atomic E-state index is 13.3. The van der Waals surface area contributed by atoms with E-state index in [9.17, 15) is 14.0 Å². The molecule has 6 nitrogen and oxygen atoms in total. The van der Waals surface area contributed by atoms with E-state index in [1.165, 1.54) is 12.1 Å². The molecule has 2 aliphatic rings. The zero-order chi connectivity index (χ0) is 20.0. The van der Waals surface area contributed by atoms with Gasteiger partial charge >= 0.3 is 5.97 Å². The van der Waals surface area contributed by atoms with Crippen molar-refractivity contribution in [2.45, 2.75) is 39.0 Å². The predicted molar refractivity (Wildman–Crippen MR) is 102 cm³/mol. The first-order valence-electron chi connectivity index (χ1n) is 10.1. The Morgan fingerprint density at radius 3 is 2.68 bits per heavy atom. The highest BCUT2D eigenvalue weighted by molar-refractivity contribution is 5.81. The van der Waals surface area contributed by atoms with Crippen LogP contribution in [0.3, 0.4) is 0 Å². The van der Waals surface area contributed by atoms with Crippen molar-refractivity contribution in [2.24, 2.45) is 5.41 Å². The van der Waals surface area contributed by atoms with Crippen molar-refractivity contribution in [1.29, 1.82) is 0 Å². The van der Waals surface area contributed by atoms with Crippen molar-refractivity contribution in [1.82, 2.24) is 9.96 Å². The van der Waals surface area contributed by atoms with Gasteiger partial charge in [-0.3, -0.25) is 14.4 Å². The molecule has 0 aliphatic carbocycles. The van der Waals surface area contributed by atoms with Crippen LogP contribution in [-0.2, 0) is 25.6 Å². The number of halogens is 1. The molecule has 0 aromatic heterocycles. The molecule has 3 rings (SSSR count). The van der Waals surface area contributed by atoms with Gasteiger partial charge in [-0.15, -0.1) is 0 Å². The van der Waals surface area contributed by atoms with Gasteiger partial charge in [-0.05, 0) is 50.3 Å². The molecule has 0 N–H and O–H groups in total. The zero-order valence-electron chi connectivity index (χ0n) is 16.5. The van der Waals surface area contributed by atoms with E-state index in [2.05, 4.69) is 0 Å². The summed E-state index contributed by atoms with van der Waals surface area (Å²) in [4.78, 5) is 32.9. The van der Waals surface area contributed by atoms with Crippen LogP contribution in [0.4, 0.5) is 4.39 Å². The highest BCUT2D eigenvalue weighted by Crippen LogP contribution is 2.35. The number of carbonyl (C=O) groups excluding carboxylic acids is 2. The molecule has 0 saturated carbocycles. The van der Waals surface area contributed by atoms with Crippen molar-refractivity contribution in [3.05, 3.63) is 35.6 Å². The van der Waals surface area contributed by atoms with Gasteiger partial charge in [-0.2, -0.15) is 5.06 Å². The molecule has 2 heterocycles. The zero-order valence-corrected chi connectivity index (χ0v) is 16.5. The second-order valence-electron chi connectivity index (χ2n) is 7.59. The Bertz CT molecular complexity index is 675. The molecule has 0 unspecified atom stereocenters. The Balaban J connectivity index is 1.70. The van der Waals surface area contributed by atoms with E-state index in [0.29, 0.717) is 52.1 Å². The minimum absolute atomic E-state index is 0.0305. The summed E-state index contributed by atoms with van der Waals surface area (Å²) in [5.41, 5.74) is 0.0838. The topological polar surface area (TPSA) is 59.1 Å². The first-order chi connectivity index (χ1) is 13.5. The lowest BCUT2D eigenvalue weighted by Crippen LogP contribution is -2.52. The summed E-state index contributed by atoms with van der Waals surface area (Å²) in [6.45, 7) is 5.19. The van der Waals surface area contributed by atoms with Crippen molar-refractivity contribution in [3.8, 4) is 0 Å². The van der Waals surface area contributed by atoms with Crippen LogP contribution >= 0.6 is 0 Å². The molecule has 7 heteroatoms. The van der Waals surface area contributed by atoms with Crippen LogP contribution in [0.15, 0.2) is 24.3 Å². The largest absolute Gasteiger partial charge is 0.466 e. The highest BCUT2D eigenvalue weighted by atomic mass is 19.1. The molecule has 1 aromatic rings. The summed E-state index contributed by atoms with van der Waals surface area (Å²) in [5, 5.41) is 1.83. The van der Waals surface area contributed by atoms with Gasteiger partial charge in [0.25, 0.3) is 0 Å². The van der Waals surface area contributed by atoms with Crippen molar-refractivity contribution in [3.63, 3.8) is 0 Å². The maximum Gasteiger partial charge on any atom is 0.314 e. The van der Waals surface area contributed by atoms with E-state index in [1.54, 1.807) is 24.0 Å². The van der Waals surface area contributed by atoms with Crippen LogP contribution in [0.2, 0.25) is 0 Å². The van der Waals surface area contributed by atoms with Gasteiger partial charge in [0.1, 0.15) is 5.82 Å². The Kier molecular flexibility index (Phi) is 7.02. The summed E-state index contributed by atoms with van der Waals surface area (Å²) in [7, 11) is 0. The molecule has 0 bridgehead atoms. The number of rotatable bonds is 7. The fourth-order valence-electron chi connectivity index (χ4n) is 4.06. The molecular weight excluding hydrogens is 363 g/mol. The van der Waals surface area contributed by atoms with Crippen molar-refractivity contribution in [2.75, 3.05) is 39.4 Å². The van der Waals surface area contributed by atoms with Crippen LogP contribution in [-0.4, -0.2) is 61.2 Å². The molecule has 28 heavy (non-hydrogen) atoms. The normalized spacial score (nSPS) is 23.0. The van der Waals surface area contributed by atoms with Crippen molar-refractivity contribution < 1.29 is 23.6 Å². The number of carbonyl (C=O) groups is 2. The fraction of sp³-hybridized carbons (Fsp3) is 0.619. The van der Waals surface area contributed by atoms with E-state index >= 15 is 0 Å². The lowest BCUT2D eigenvalue weighted by molar-refractivity contribution is -0.161. The lowest BCUT2D eigenvalue weighted by Gasteiger charge is -2.41. The molecule has 154 valence electrons. The first-order valence-corrected chi connectivity index (χ1v) is 10.1. The third-order valence-electron chi connectivity index (χ3n) is 5.49. The standard InChI is InChI=1S/C21H29FN2O4/c1-2-27-20(26)21(15-17-5-7-18(22)8-6-17)10-3-11-23(16-21)19(25)9-13-24-12-4-14-28-24/h5-8H,2-4,9-16H2,1H3/t21-/m0/s1. The molecule has 2 fully saturated rings. The number of esters is 1. The number of piperidine rings is 1. The van der Waals surface area contributed by atoms with Gasteiger partial charge in [0.05, 0.1) is 18.6 Å². The molecule has 1 atom stereocenters. The number of benzene rings is 1. The molecule has 1 aromatic carbocycles. The van der Waals surface area contributed by atoms with Crippen LogP contribution in [0.1, 0.15) is 38.2 Å². The fourth-order valence-corrected chi connectivity index (χ4v) is 4.06. The van der Waals surface area contributed by atoms with Crippen LogP contribution in [0.25, 0.3) is 0 Å². The number of amides is 1. The smallest absolute Gasteiger partial charge is 0.314 e. The van der Waals surface area contributed by atoms with Gasteiger partial charge < -0.3 is 9.64 Å². The Morgan fingerprint density at radius 2 is 2.00 bits per heavy atom. The SMILES string of the molecule is CCOC(=O)[C@]1(Cc2ccc(F)cc2)CCCN(C(=O)CCN2CCCO2)C1. The van der Waals surface area contributed by atoms with Crippen LogP contribution < -0.4 is 0 Å². The third kappa shape index (κ3) is 5.08. The number of likely N-dealkylation sites (tertiary alicyclic amines) is 1. The summed E-state index contributed by atoms with van der Waals surface area (Å²) in [5.74, 6) is -0.554.